The molecule has 1 aliphatic heterocycles. The fourth-order valence-electron chi connectivity index (χ4n) is 3.60. The van der Waals surface area contributed by atoms with Gasteiger partial charge in [0.2, 0.25) is 5.91 Å². The highest BCUT2D eigenvalue weighted by Crippen LogP contribution is 2.32. The maximum Gasteiger partial charge on any atom is 0.304 e. The molecule has 0 aliphatic carbocycles. The molecule has 6 nitrogen and oxygen atoms in total. The zero-order valence-electron chi connectivity index (χ0n) is 16.2. The number of rotatable bonds is 7. The van der Waals surface area contributed by atoms with Crippen molar-refractivity contribution in [3.05, 3.63) is 53.1 Å². The molecule has 4 N–H and O–H groups in total. The minimum atomic E-state index is -0.955. The summed E-state index contributed by atoms with van der Waals surface area (Å²) in [5, 5.41) is 11.7. The van der Waals surface area contributed by atoms with E-state index in [1.807, 2.05) is 31.2 Å². The summed E-state index contributed by atoms with van der Waals surface area (Å²) in [6.07, 6.45) is 0.340. The number of amides is 1. The van der Waals surface area contributed by atoms with Crippen molar-refractivity contribution in [1.29, 1.82) is 0 Å². The number of carbonyl (C=O) groups excluding carboxylic acids is 1. The van der Waals surface area contributed by atoms with Crippen LogP contribution in [-0.2, 0) is 16.1 Å². The van der Waals surface area contributed by atoms with Gasteiger partial charge in [-0.15, -0.1) is 0 Å². The van der Waals surface area contributed by atoms with Gasteiger partial charge in [0.1, 0.15) is 12.4 Å². The predicted octanol–water partition coefficient (Wildman–Crippen LogP) is 2.79. The third-order valence-corrected chi connectivity index (χ3v) is 5.39. The van der Waals surface area contributed by atoms with Crippen molar-refractivity contribution in [2.45, 2.75) is 39.3 Å². The largest absolute Gasteiger partial charge is 0.491 e. The van der Waals surface area contributed by atoms with Crippen LogP contribution in [0.3, 0.4) is 0 Å². The fraction of sp³-hybridized carbons (Fsp3) is 0.364. The van der Waals surface area contributed by atoms with Crippen LogP contribution in [0, 0.1) is 19.8 Å². The molecule has 3 rings (SSSR count). The Morgan fingerprint density at radius 1 is 1.18 bits per heavy atom. The number of hydrogen-bond donors (Lipinski definition) is 3. The molecule has 0 saturated carbocycles. The van der Waals surface area contributed by atoms with Crippen molar-refractivity contribution >= 4 is 11.9 Å². The first-order chi connectivity index (χ1) is 13.4. The molecule has 0 radical (unpaired) electrons. The SMILES string of the molecule is Cc1c(OC[C@@H]2C[C@@H](CC(=O)O)C(=O)N2)ccc(-c2ccc(CN)cc2)c1C. The van der Waals surface area contributed by atoms with Crippen molar-refractivity contribution in [3.8, 4) is 16.9 Å². The van der Waals surface area contributed by atoms with Crippen molar-refractivity contribution < 1.29 is 19.4 Å². The van der Waals surface area contributed by atoms with Gasteiger partial charge in [-0.05, 0) is 54.2 Å². The number of nitrogens with two attached hydrogens (primary N) is 1. The number of carboxylic acids is 1. The Morgan fingerprint density at radius 2 is 1.89 bits per heavy atom. The second kappa shape index (κ2) is 8.44. The summed E-state index contributed by atoms with van der Waals surface area (Å²) in [6.45, 7) is 4.93. The van der Waals surface area contributed by atoms with E-state index in [1.54, 1.807) is 0 Å². The Hall–Kier alpha value is -2.86. The van der Waals surface area contributed by atoms with Gasteiger partial charge < -0.3 is 20.9 Å². The predicted molar refractivity (Wildman–Crippen MR) is 107 cm³/mol. The van der Waals surface area contributed by atoms with Crippen molar-refractivity contribution in [1.82, 2.24) is 5.32 Å². The first-order valence-corrected chi connectivity index (χ1v) is 9.43. The van der Waals surface area contributed by atoms with Gasteiger partial charge >= 0.3 is 5.97 Å². The van der Waals surface area contributed by atoms with E-state index in [2.05, 4.69) is 24.4 Å². The topological polar surface area (TPSA) is 102 Å². The second-order valence-corrected chi connectivity index (χ2v) is 7.31. The monoisotopic (exact) mass is 382 g/mol. The molecule has 148 valence electrons. The lowest BCUT2D eigenvalue weighted by Gasteiger charge is -2.17. The Balaban J connectivity index is 1.68. The number of aliphatic carboxylic acids is 1. The summed E-state index contributed by atoms with van der Waals surface area (Å²) in [6, 6.07) is 12.0. The normalized spacial score (nSPS) is 18.8. The highest BCUT2D eigenvalue weighted by molar-refractivity contribution is 5.85. The summed E-state index contributed by atoms with van der Waals surface area (Å²) >= 11 is 0. The molecule has 2 aromatic rings. The van der Waals surface area contributed by atoms with Gasteiger partial charge in [-0.1, -0.05) is 30.3 Å². The third-order valence-electron chi connectivity index (χ3n) is 5.39. The quantitative estimate of drug-likeness (QED) is 0.683. The first kappa shape index (κ1) is 19.9. The van der Waals surface area contributed by atoms with Crippen LogP contribution >= 0.6 is 0 Å². The number of carboxylic acid groups (broad SMARTS) is 1. The lowest BCUT2D eigenvalue weighted by atomic mass is 9.95. The Bertz CT molecular complexity index is 877. The maximum atomic E-state index is 11.9. The molecule has 1 fully saturated rings. The summed E-state index contributed by atoms with van der Waals surface area (Å²) in [7, 11) is 0. The lowest BCUT2D eigenvalue weighted by Crippen LogP contribution is -2.31. The average molecular weight is 382 g/mol. The van der Waals surface area contributed by atoms with Gasteiger partial charge in [0.25, 0.3) is 0 Å². The summed E-state index contributed by atoms with van der Waals surface area (Å²) in [5.41, 5.74) is 11.2. The van der Waals surface area contributed by atoms with Crippen LogP contribution in [0.15, 0.2) is 36.4 Å². The molecule has 1 heterocycles. The zero-order chi connectivity index (χ0) is 20.3. The van der Waals surface area contributed by atoms with E-state index in [4.69, 9.17) is 15.6 Å². The minimum absolute atomic E-state index is 0.141. The van der Waals surface area contributed by atoms with E-state index in [9.17, 15) is 9.59 Å². The molecule has 1 aliphatic rings. The van der Waals surface area contributed by atoms with E-state index >= 15 is 0 Å². The summed E-state index contributed by atoms with van der Waals surface area (Å²) in [5.74, 6) is -0.869. The van der Waals surface area contributed by atoms with E-state index in [-0.39, 0.29) is 18.4 Å². The third kappa shape index (κ3) is 4.34. The van der Waals surface area contributed by atoms with E-state index in [1.165, 1.54) is 0 Å². The molecule has 1 saturated heterocycles. The molecular formula is C22H26N2O4. The van der Waals surface area contributed by atoms with Crippen molar-refractivity contribution in [3.63, 3.8) is 0 Å². The Labute approximate surface area is 164 Å². The van der Waals surface area contributed by atoms with Crippen LogP contribution in [-0.4, -0.2) is 29.6 Å². The molecule has 28 heavy (non-hydrogen) atoms. The van der Waals surface area contributed by atoms with Gasteiger partial charge in [0.15, 0.2) is 0 Å². The Kier molecular flexibility index (Phi) is 5.99. The molecule has 0 unspecified atom stereocenters. The molecular weight excluding hydrogens is 356 g/mol. The molecule has 1 amide bonds. The maximum absolute atomic E-state index is 11.9. The number of benzene rings is 2. The molecule has 0 spiro atoms. The van der Waals surface area contributed by atoms with E-state index in [0.29, 0.717) is 19.6 Å². The van der Waals surface area contributed by atoms with Crippen LogP contribution in [0.25, 0.3) is 11.1 Å². The molecule has 6 heteroatoms. The average Bonchev–Trinajstić information content (AvgIpc) is 3.02. The van der Waals surface area contributed by atoms with Crippen molar-refractivity contribution in [2.75, 3.05) is 6.61 Å². The summed E-state index contributed by atoms with van der Waals surface area (Å²) < 4.78 is 5.95. The second-order valence-electron chi connectivity index (χ2n) is 7.31. The van der Waals surface area contributed by atoms with Gasteiger partial charge in [-0.3, -0.25) is 9.59 Å². The highest BCUT2D eigenvalue weighted by Gasteiger charge is 2.33. The first-order valence-electron chi connectivity index (χ1n) is 9.43. The molecule has 2 aromatic carbocycles. The minimum Gasteiger partial charge on any atom is -0.491 e. The summed E-state index contributed by atoms with van der Waals surface area (Å²) in [4.78, 5) is 22.7. The van der Waals surface area contributed by atoms with Crippen LogP contribution in [0.4, 0.5) is 0 Å². The molecule has 0 aromatic heterocycles. The van der Waals surface area contributed by atoms with E-state index < -0.39 is 11.9 Å². The standard InChI is InChI=1S/C22H26N2O4/c1-13-14(2)20(8-7-19(13)16-5-3-15(11-23)4-6-16)28-12-18-9-17(10-21(25)26)22(27)24-18/h3-8,17-18H,9-12,23H2,1-2H3,(H,24,27)(H,25,26)/t17-,18-/m0/s1. The van der Waals surface area contributed by atoms with Crippen molar-refractivity contribution in [2.24, 2.45) is 11.7 Å². The highest BCUT2D eigenvalue weighted by atomic mass is 16.5. The number of hydrogen-bond acceptors (Lipinski definition) is 4. The smallest absolute Gasteiger partial charge is 0.304 e. The van der Waals surface area contributed by atoms with Gasteiger partial charge in [0, 0.05) is 6.54 Å². The van der Waals surface area contributed by atoms with Crippen LogP contribution in [0.2, 0.25) is 0 Å². The van der Waals surface area contributed by atoms with E-state index in [0.717, 1.165) is 33.6 Å². The number of ether oxygens (including phenoxy) is 1. The van der Waals surface area contributed by atoms with Crippen LogP contribution < -0.4 is 15.8 Å². The Morgan fingerprint density at radius 3 is 2.54 bits per heavy atom. The van der Waals surface area contributed by atoms with Crippen LogP contribution in [0.5, 0.6) is 5.75 Å². The number of carbonyl (C=O) groups is 2. The molecule has 2 atom stereocenters. The van der Waals surface area contributed by atoms with Crippen LogP contribution in [0.1, 0.15) is 29.5 Å². The van der Waals surface area contributed by atoms with Gasteiger partial charge in [-0.2, -0.15) is 0 Å². The fourth-order valence-corrected chi connectivity index (χ4v) is 3.60. The lowest BCUT2D eigenvalue weighted by molar-refractivity contribution is -0.140. The zero-order valence-corrected chi connectivity index (χ0v) is 16.2. The number of nitrogens with one attached hydrogen (secondary N) is 1. The molecule has 0 bridgehead atoms. The van der Waals surface area contributed by atoms with Gasteiger partial charge in [0.05, 0.1) is 18.4 Å². The van der Waals surface area contributed by atoms with Gasteiger partial charge in [-0.25, -0.2) is 0 Å².